The number of nitrogens with one attached hydrogen (secondary N) is 1. The zero-order chi connectivity index (χ0) is 15.0. The summed E-state index contributed by atoms with van der Waals surface area (Å²) in [6, 6.07) is 4.43. The van der Waals surface area contributed by atoms with E-state index in [1.165, 1.54) is 25.1 Å². The van der Waals surface area contributed by atoms with Crippen molar-refractivity contribution in [3.05, 3.63) is 38.4 Å². The van der Waals surface area contributed by atoms with Gasteiger partial charge in [0.1, 0.15) is 11.7 Å². The van der Waals surface area contributed by atoms with Crippen LogP contribution in [0.15, 0.2) is 18.2 Å². The highest BCUT2D eigenvalue weighted by Gasteiger charge is 2.36. The highest BCUT2D eigenvalue weighted by atomic mass is 16.6. The predicted molar refractivity (Wildman–Crippen MR) is 75.7 cm³/mol. The molecule has 2 heterocycles. The SMILES string of the molecule is O=[N+]([O-])c1ccc(N2CC[NH+]3CCC[C@@H]3C2)c([N+](=O)[O-])c1. The monoisotopic (exact) mass is 293 g/mol. The molecule has 2 atom stereocenters. The lowest BCUT2D eigenvalue weighted by Crippen LogP contribution is -3.16. The zero-order valence-corrected chi connectivity index (χ0v) is 11.5. The van der Waals surface area contributed by atoms with Crippen molar-refractivity contribution in [2.24, 2.45) is 0 Å². The molecule has 8 heteroatoms. The van der Waals surface area contributed by atoms with Gasteiger partial charge in [-0.05, 0) is 6.07 Å². The number of hydrogen-bond donors (Lipinski definition) is 1. The molecule has 0 bridgehead atoms. The summed E-state index contributed by atoms with van der Waals surface area (Å²) in [4.78, 5) is 24.4. The van der Waals surface area contributed by atoms with Crippen molar-refractivity contribution in [2.75, 3.05) is 31.1 Å². The maximum absolute atomic E-state index is 11.2. The maximum Gasteiger partial charge on any atom is 0.299 e. The van der Waals surface area contributed by atoms with E-state index in [4.69, 9.17) is 0 Å². The number of quaternary nitrogens is 1. The summed E-state index contributed by atoms with van der Waals surface area (Å²) in [5.74, 6) is 0. The third kappa shape index (κ3) is 2.54. The van der Waals surface area contributed by atoms with Crippen molar-refractivity contribution in [2.45, 2.75) is 18.9 Å². The molecule has 0 amide bonds. The number of benzene rings is 1. The Morgan fingerprint density at radius 1 is 1.19 bits per heavy atom. The van der Waals surface area contributed by atoms with E-state index in [0.29, 0.717) is 11.7 Å². The summed E-state index contributed by atoms with van der Waals surface area (Å²) in [7, 11) is 0. The Hall–Kier alpha value is -2.22. The second-order valence-electron chi connectivity index (χ2n) is 5.63. The second kappa shape index (κ2) is 5.28. The molecule has 1 N–H and O–H groups in total. The van der Waals surface area contributed by atoms with Crippen LogP contribution in [0.2, 0.25) is 0 Å². The second-order valence-corrected chi connectivity index (χ2v) is 5.63. The summed E-state index contributed by atoms with van der Waals surface area (Å²) < 4.78 is 0. The average molecular weight is 293 g/mol. The highest BCUT2D eigenvalue weighted by Crippen LogP contribution is 2.32. The van der Waals surface area contributed by atoms with Gasteiger partial charge in [0.15, 0.2) is 0 Å². The van der Waals surface area contributed by atoms with E-state index in [1.54, 1.807) is 4.90 Å². The van der Waals surface area contributed by atoms with Crippen LogP contribution in [-0.2, 0) is 0 Å². The molecule has 1 aromatic rings. The lowest BCUT2D eigenvalue weighted by molar-refractivity contribution is -0.912. The van der Waals surface area contributed by atoms with Crippen LogP contribution in [0, 0.1) is 20.2 Å². The van der Waals surface area contributed by atoms with Crippen molar-refractivity contribution in [1.82, 2.24) is 0 Å². The molecule has 0 radical (unpaired) electrons. The average Bonchev–Trinajstić information content (AvgIpc) is 2.93. The molecule has 0 spiro atoms. The Morgan fingerprint density at radius 3 is 2.71 bits per heavy atom. The first-order valence-corrected chi connectivity index (χ1v) is 7.08. The number of rotatable bonds is 3. The maximum atomic E-state index is 11.2. The van der Waals surface area contributed by atoms with E-state index in [9.17, 15) is 20.2 Å². The summed E-state index contributed by atoms with van der Waals surface area (Å²) >= 11 is 0. The molecule has 3 rings (SSSR count). The van der Waals surface area contributed by atoms with Crippen LogP contribution < -0.4 is 9.80 Å². The molecule has 2 saturated heterocycles. The van der Waals surface area contributed by atoms with E-state index in [0.717, 1.165) is 32.1 Å². The number of nitro groups is 2. The van der Waals surface area contributed by atoms with Crippen molar-refractivity contribution in [3.63, 3.8) is 0 Å². The minimum Gasteiger partial charge on any atom is -0.354 e. The number of nitrogens with zero attached hydrogens (tertiary/aromatic N) is 3. The van der Waals surface area contributed by atoms with Gasteiger partial charge in [-0.2, -0.15) is 0 Å². The summed E-state index contributed by atoms with van der Waals surface area (Å²) in [5, 5.41) is 22.0. The summed E-state index contributed by atoms with van der Waals surface area (Å²) in [6.07, 6.45) is 2.35. The minimum atomic E-state index is -0.601. The molecule has 1 aromatic carbocycles. The van der Waals surface area contributed by atoms with Gasteiger partial charge in [-0.3, -0.25) is 20.2 Å². The van der Waals surface area contributed by atoms with Crippen molar-refractivity contribution in [3.8, 4) is 0 Å². The van der Waals surface area contributed by atoms with E-state index in [1.807, 2.05) is 4.90 Å². The van der Waals surface area contributed by atoms with Crippen LogP contribution in [-0.4, -0.2) is 42.1 Å². The van der Waals surface area contributed by atoms with Crippen molar-refractivity contribution in [1.29, 1.82) is 0 Å². The molecule has 2 aliphatic rings. The summed E-state index contributed by atoms with van der Waals surface area (Å²) in [5.41, 5.74) is 0.0813. The molecule has 21 heavy (non-hydrogen) atoms. The predicted octanol–water partition coefficient (Wildman–Crippen LogP) is 0.370. The normalized spacial score (nSPS) is 24.7. The number of anilines is 1. The van der Waals surface area contributed by atoms with Gasteiger partial charge in [-0.25, -0.2) is 0 Å². The van der Waals surface area contributed by atoms with Gasteiger partial charge in [-0.1, -0.05) is 0 Å². The fourth-order valence-corrected chi connectivity index (χ4v) is 3.43. The number of fused-ring (bicyclic) bond motifs is 1. The first kappa shape index (κ1) is 13.7. The van der Waals surface area contributed by atoms with Gasteiger partial charge in [0.25, 0.3) is 11.4 Å². The van der Waals surface area contributed by atoms with Gasteiger partial charge in [0, 0.05) is 18.9 Å². The lowest BCUT2D eigenvalue weighted by Gasteiger charge is -2.35. The van der Waals surface area contributed by atoms with Crippen molar-refractivity contribution < 1.29 is 14.7 Å². The van der Waals surface area contributed by atoms with E-state index in [2.05, 4.69) is 0 Å². The molecule has 2 aliphatic heterocycles. The molecule has 1 unspecified atom stereocenters. The lowest BCUT2D eigenvalue weighted by atomic mass is 10.1. The molecule has 112 valence electrons. The van der Waals surface area contributed by atoms with Gasteiger partial charge >= 0.3 is 0 Å². The Morgan fingerprint density at radius 2 is 2.00 bits per heavy atom. The van der Waals surface area contributed by atoms with E-state index >= 15 is 0 Å². The molecular weight excluding hydrogens is 276 g/mol. The Balaban J connectivity index is 1.90. The van der Waals surface area contributed by atoms with Crippen LogP contribution in [0.1, 0.15) is 12.8 Å². The molecule has 8 nitrogen and oxygen atoms in total. The fraction of sp³-hybridized carbons (Fsp3) is 0.538. The first-order chi connectivity index (χ1) is 10.1. The van der Waals surface area contributed by atoms with Gasteiger partial charge in [0.2, 0.25) is 0 Å². The van der Waals surface area contributed by atoms with Gasteiger partial charge in [-0.15, -0.1) is 0 Å². The number of piperazine rings is 1. The fourth-order valence-electron chi connectivity index (χ4n) is 3.43. The van der Waals surface area contributed by atoms with E-state index in [-0.39, 0.29) is 11.4 Å². The number of nitro benzene ring substituents is 2. The largest absolute Gasteiger partial charge is 0.354 e. The topological polar surface area (TPSA) is 94.0 Å². The van der Waals surface area contributed by atoms with Crippen molar-refractivity contribution >= 4 is 17.1 Å². The standard InChI is InChI=1S/C13H16N4O4/c18-16(19)10-3-4-12(13(8-10)17(20)21)15-7-6-14-5-1-2-11(14)9-15/h3-4,8,11H,1-2,5-7,9H2/p+1/t11-/m1/s1. The molecular formula is C13H17N4O4+. The highest BCUT2D eigenvalue weighted by molar-refractivity contribution is 5.67. The smallest absolute Gasteiger partial charge is 0.299 e. The Kier molecular flexibility index (Phi) is 3.46. The molecule has 0 saturated carbocycles. The van der Waals surface area contributed by atoms with Crippen LogP contribution in [0.25, 0.3) is 0 Å². The van der Waals surface area contributed by atoms with Crippen LogP contribution in [0.3, 0.4) is 0 Å². The van der Waals surface area contributed by atoms with E-state index < -0.39 is 9.85 Å². The molecule has 0 aliphatic carbocycles. The van der Waals surface area contributed by atoms with Crippen LogP contribution in [0.5, 0.6) is 0 Å². The third-order valence-electron chi connectivity index (χ3n) is 4.48. The summed E-state index contributed by atoms with van der Waals surface area (Å²) in [6.45, 7) is 3.69. The molecule has 2 fully saturated rings. The molecule has 0 aromatic heterocycles. The third-order valence-corrected chi connectivity index (χ3v) is 4.48. The van der Waals surface area contributed by atoms with Gasteiger partial charge in [0.05, 0.1) is 42.1 Å². The quantitative estimate of drug-likeness (QED) is 0.642. The Labute approximate surface area is 121 Å². The minimum absolute atomic E-state index is 0.175. The number of hydrogen-bond acceptors (Lipinski definition) is 5. The van der Waals surface area contributed by atoms with Crippen LogP contribution >= 0.6 is 0 Å². The van der Waals surface area contributed by atoms with Crippen LogP contribution in [0.4, 0.5) is 17.1 Å². The zero-order valence-electron chi connectivity index (χ0n) is 11.5. The number of non-ortho nitro benzene ring substituents is 1. The Bertz CT molecular complexity index is 592. The first-order valence-electron chi connectivity index (χ1n) is 7.08. The van der Waals surface area contributed by atoms with Gasteiger partial charge < -0.3 is 9.80 Å².